The number of nitrogens with one attached hydrogen (secondary N) is 2. The van der Waals surface area contributed by atoms with Crippen LogP contribution in [0.5, 0.6) is 0 Å². The van der Waals surface area contributed by atoms with E-state index in [0.717, 1.165) is 11.3 Å². The normalized spacial score (nSPS) is 10.2. The molecule has 0 atom stereocenters. The number of aromatic amines is 1. The molecule has 0 saturated carbocycles. The average Bonchev–Trinajstić information content (AvgIpc) is 2.78. The van der Waals surface area contributed by atoms with E-state index < -0.39 is 0 Å². The van der Waals surface area contributed by atoms with Crippen LogP contribution in [0.15, 0.2) is 30.5 Å². The Balaban J connectivity index is 2.04. The first kappa shape index (κ1) is 11.7. The number of halogens is 1. The predicted octanol–water partition coefficient (Wildman–Crippen LogP) is 2.30. The van der Waals surface area contributed by atoms with Gasteiger partial charge in [-0.3, -0.25) is 9.89 Å². The summed E-state index contributed by atoms with van der Waals surface area (Å²) in [7, 11) is 0. The fourth-order valence-corrected chi connectivity index (χ4v) is 1.76. The Hall–Kier alpha value is -1.81. The first-order chi connectivity index (χ1) is 8.16. The molecule has 0 saturated heterocycles. The van der Waals surface area contributed by atoms with Crippen LogP contribution in [0.2, 0.25) is 5.02 Å². The van der Waals surface area contributed by atoms with Crippen molar-refractivity contribution in [1.82, 2.24) is 15.5 Å². The van der Waals surface area contributed by atoms with Gasteiger partial charge in [-0.15, -0.1) is 0 Å². The van der Waals surface area contributed by atoms with Gasteiger partial charge in [-0.05, 0) is 36.8 Å². The summed E-state index contributed by atoms with van der Waals surface area (Å²) in [6, 6.07) is 7.02. The molecular formula is C12H12ClN3O. The summed E-state index contributed by atoms with van der Waals surface area (Å²) in [5.74, 6) is -0.117. The number of aromatic nitrogens is 2. The summed E-state index contributed by atoms with van der Waals surface area (Å²) in [4.78, 5) is 11.9. The average molecular weight is 250 g/mol. The Kier molecular flexibility index (Phi) is 3.44. The van der Waals surface area contributed by atoms with E-state index in [2.05, 4.69) is 15.5 Å². The number of aryl methyl sites for hydroxylation is 1. The second kappa shape index (κ2) is 5.01. The monoisotopic (exact) mass is 249 g/mol. The number of rotatable bonds is 3. The lowest BCUT2D eigenvalue weighted by Gasteiger charge is -2.06. The number of nitrogens with zero attached hydrogens (tertiary/aromatic N) is 1. The summed E-state index contributed by atoms with van der Waals surface area (Å²) in [5, 5.41) is 10.0. The lowest BCUT2D eigenvalue weighted by molar-refractivity contribution is 0.0950. The third kappa shape index (κ3) is 2.85. The number of hydrogen-bond donors (Lipinski definition) is 2. The van der Waals surface area contributed by atoms with E-state index in [-0.39, 0.29) is 5.91 Å². The van der Waals surface area contributed by atoms with Crippen LogP contribution in [0.3, 0.4) is 0 Å². The molecule has 0 fully saturated rings. The van der Waals surface area contributed by atoms with Crippen molar-refractivity contribution < 1.29 is 4.79 Å². The van der Waals surface area contributed by atoms with Crippen LogP contribution in [-0.2, 0) is 6.54 Å². The van der Waals surface area contributed by atoms with E-state index >= 15 is 0 Å². The van der Waals surface area contributed by atoms with Gasteiger partial charge in [0.15, 0.2) is 0 Å². The van der Waals surface area contributed by atoms with E-state index in [0.29, 0.717) is 17.1 Å². The van der Waals surface area contributed by atoms with Crippen molar-refractivity contribution in [3.8, 4) is 0 Å². The van der Waals surface area contributed by atoms with Gasteiger partial charge >= 0.3 is 0 Å². The molecule has 0 aliphatic rings. The molecule has 0 spiro atoms. The molecule has 1 aromatic carbocycles. The maximum absolute atomic E-state index is 11.9. The molecule has 1 aromatic heterocycles. The SMILES string of the molecule is Cc1cc(Cl)ccc1C(=O)NCc1ccn[nH]1. The fraction of sp³-hybridized carbons (Fsp3) is 0.167. The number of benzene rings is 1. The van der Waals surface area contributed by atoms with Gasteiger partial charge in [0, 0.05) is 16.8 Å². The fourth-order valence-electron chi connectivity index (χ4n) is 1.54. The van der Waals surface area contributed by atoms with E-state index in [1.165, 1.54) is 0 Å². The molecule has 0 aliphatic carbocycles. The molecule has 0 aliphatic heterocycles. The molecule has 2 aromatic rings. The van der Waals surface area contributed by atoms with Crippen molar-refractivity contribution in [2.24, 2.45) is 0 Å². The van der Waals surface area contributed by atoms with Gasteiger partial charge in [0.05, 0.1) is 12.2 Å². The Morgan fingerprint density at radius 3 is 2.94 bits per heavy atom. The van der Waals surface area contributed by atoms with Crippen LogP contribution in [0.4, 0.5) is 0 Å². The van der Waals surface area contributed by atoms with Crippen LogP contribution >= 0.6 is 11.6 Å². The molecule has 17 heavy (non-hydrogen) atoms. The molecule has 0 unspecified atom stereocenters. The zero-order valence-electron chi connectivity index (χ0n) is 9.33. The van der Waals surface area contributed by atoms with E-state index in [1.54, 1.807) is 24.4 Å². The molecule has 88 valence electrons. The van der Waals surface area contributed by atoms with Gasteiger partial charge in [-0.1, -0.05) is 11.6 Å². The minimum Gasteiger partial charge on any atom is -0.346 e. The molecule has 2 rings (SSSR count). The van der Waals surface area contributed by atoms with Crippen molar-refractivity contribution in [1.29, 1.82) is 0 Å². The third-order valence-electron chi connectivity index (χ3n) is 2.43. The standard InChI is InChI=1S/C12H12ClN3O/c1-8-6-9(13)2-3-11(8)12(17)14-7-10-4-5-15-16-10/h2-6H,7H2,1H3,(H,14,17)(H,15,16). The van der Waals surface area contributed by atoms with Crippen LogP contribution in [0.25, 0.3) is 0 Å². The summed E-state index contributed by atoms with van der Waals surface area (Å²) in [6.45, 7) is 2.29. The first-order valence-electron chi connectivity index (χ1n) is 5.19. The number of carbonyl (C=O) groups excluding carboxylic acids is 1. The molecule has 5 heteroatoms. The maximum Gasteiger partial charge on any atom is 0.251 e. The topological polar surface area (TPSA) is 57.8 Å². The Bertz CT molecular complexity index is 523. The van der Waals surface area contributed by atoms with Gasteiger partial charge in [0.2, 0.25) is 0 Å². The lowest BCUT2D eigenvalue weighted by Crippen LogP contribution is -2.23. The highest BCUT2D eigenvalue weighted by Gasteiger charge is 2.08. The quantitative estimate of drug-likeness (QED) is 0.877. The zero-order chi connectivity index (χ0) is 12.3. The minimum atomic E-state index is -0.117. The first-order valence-corrected chi connectivity index (χ1v) is 5.57. The van der Waals surface area contributed by atoms with Crippen molar-refractivity contribution in [2.75, 3.05) is 0 Å². The largest absolute Gasteiger partial charge is 0.346 e. The van der Waals surface area contributed by atoms with E-state index in [4.69, 9.17) is 11.6 Å². The lowest BCUT2D eigenvalue weighted by atomic mass is 10.1. The van der Waals surface area contributed by atoms with Crippen molar-refractivity contribution >= 4 is 17.5 Å². The summed E-state index contributed by atoms with van der Waals surface area (Å²) >= 11 is 5.83. The number of carbonyl (C=O) groups is 1. The van der Waals surface area contributed by atoms with Crippen LogP contribution in [0.1, 0.15) is 21.6 Å². The highest BCUT2D eigenvalue weighted by atomic mass is 35.5. The number of amides is 1. The molecule has 0 radical (unpaired) electrons. The van der Waals surface area contributed by atoms with E-state index in [9.17, 15) is 4.79 Å². The Morgan fingerprint density at radius 2 is 2.29 bits per heavy atom. The van der Waals surface area contributed by atoms with Crippen LogP contribution in [0, 0.1) is 6.92 Å². The molecule has 0 bridgehead atoms. The molecule has 2 N–H and O–H groups in total. The molecular weight excluding hydrogens is 238 g/mol. The van der Waals surface area contributed by atoms with Crippen LogP contribution < -0.4 is 5.32 Å². The van der Waals surface area contributed by atoms with Crippen molar-refractivity contribution in [3.63, 3.8) is 0 Å². The number of H-pyrrole nitrogens is 1. The van der Waals surface area contributed by atoms with E-state index in [1.807, 2.05) is 13.0 Å². The van der Waals surface area contributed by atoms with Crippen LogP contribution in [-0.4, -0.2) is 16.1 Å². The minimum absolute atomic E-state index is 0.117. The second-order valence-electron chi connectivity index (χ2n) is 3.72. The summed E-state index contributed by atoms with van der Waals surface area (Å²) in [5.41, 5.74) is 2.36. The Labute approximate surface area is 104 Å². The van der Waals surface area contributed by atoms with Gasteiger partial charge in [0.1, 0.15) is 0 Å². The van der Waals surface area contributed by atoms with Gasteiger partial charge in [0.25, 0.3) is 5.91 Å². The third-order valence-corrected chi connectivity index (χ3v) is 2.67. The van der Waals surface area contributed by atoms with Gasteiger partial charge in [-0.25, -0.2) is 0 Å². The molecule has 4 nitrogen and oxygen atoms in total. The van der Waals surface area contributed by atoms with Crippen molar-refractivity contribution in [2.45, 2.75) is 13.5 Å². The molecule has 1 heterocycles. The predicted molar refractivity (Wildman–Crippen MR) is 65.9 cm³/mol. The van der Waals surface area contributed by atoms with Gasteiger partial charge < -0.3 is 5.32 Å². The zero-order valence-corrected chi connectivity index (χ0v) is 10.1. The highest BCUT2D eigenvalue weighted by Crippen LogP contribution is 2.15. The van der Waals surface area contributed by atoms with Gasteiger partial charge in [-0.2, -0.15) is 5.10 Å². The summed E-state index contributed by atoms with van der Waals surface area (Å²) < 4.78 is 0. The highest BCUT2D eigenvalue weighted by molar-refractivity contribution is 6.30. The Morgan fingerprint density at radius 1 is 1.47 bits per heavy atom. The number of hydrogen-bond acceptors (Lipinski definition) is 2. The summed E-state index contributed by atoms with van der Waals surface area (Å²) in [6.07, 6.45) is 1.65. The second-order valence-corrected chi connectivity index (χ2v) is 4.16. The van der Waals surface area contributed by atoms with Crippen molar-refractivity contribution in [3.05, 3.63) is 52.3 Å². The maximum atomic E-state index is 11.9. The molecule has 1 amide bonds. The smallest absolute Gasteiger partial charge is 0.251 e.